The van der Waals surface area contributed by atoms with E-state index in [9.17, 15) is 8.42 Å². The van der Waals surface area contributed by atoms with E-state index in [1.54, 1.807) is 0 Å². The van der Waals surface area contributed by atoms with Crippen LogP contribution >= 0.6 is 0 Å². The minimum Gasteiger partial charge on any atom is -0.388 e. The Bertz CT molecular complexity index is 318. The number of rotatable bonds is 10. The Morgan fingerprint density at radius 2 is 1.82 bits per heavy atom. The molecule has 0 fully saturated rings. The van der Waals surface area contributed by atoms with Gasteiger partial charge in [0.25, 0.3) is 0 Å². The van der Waals surface area contributed by atoms with Crippen molar-refractivity contribution in [1.82, 2.24) is 4.31 Å². The number of nitrogens with two attached hydrogens (primary N) is 1. The van der Waals surface area contributed by atoms with Crippen molar-refractivity contribution in [2.75, 3.05) is 46.3 Å². The maximum absolute atomic E-state index is 11.9. The Balaban J connectivity index is 4.47. The molecule has 0 rings (SSSR count). The Labute approximate surface area is 102 Å². The summed E-state index contributed by atoms with van der Waals surface area (Å²) in [6.07, 6.45) is 0.218. The summed E-state index contributed by atoms with van der Waals surface area (Å²) in [5, 5.41) is 7.11. The lowest BCUT2D eigenvalue weighted by molar-refractivity contribution is 0.178. The van der Waals surface area contributed by atoms with Gasteiger partial charge in [-0.15, -0.1) is 0 Å². The van der Waals surface area contributed by atoms with Crippen LogP contribution in [0.5, 0.6) is 0 Å². The van der Waals surface area contributed by atoms with Gasteiger partial charge in [-0.1, -0.05) is 0 Å². The highest BCUT2D eigenvalue weighted by Gasteiger charge is 2.21. The molecule has 0 aliphatic carbocycles. The third-order valence-corrected chi connectivity index (χ3v) is 3.95. The summed E-state index contributed by atoms with van der Waals surface area (Å²) in [4.78, 5) is 0. The van der Waals surface area contributed by atoms with Gasteiger partial charge >= 0.3 is 0 Å². The molecular weight excluding hydrogens is 246 g/mol. The molecule has 0 saturated heterocycles. The summed E-state index contributed by atoms with van der Waals surface area (Å²) in [5.74, 6) is -0.111. The molecule has 0 spiro atoms. The monoisotopic (exact) mass is 267 g/mol. The molecule has 8 heteroatoms. The lowest BCUT2D eigenvalue weighted by Gasteiger charge is -2.21. The van der Waals surface area contributed by atoms with Gasteiger partial charge in [0.15, 0.2) is 0 Å². The predicted molar refractivity (Wildman–Crippen MR) is 65.6 cm³/mol. The molecule has 0 aliphatic rings. The average Bonchev–Trinajstić information content (AvgIpc) is 2.25. The standard InChI is InChI=1S/C9H21N3O4S/c1-15-6-5-12(4-3-9(10)11)17(13,14)8-7-16-2/h3-8H2,1-2H3,(H3,10,11). The molecule has 7 nitrogen and oxygen atoms in total. The molecule has 0 atom stereocenters. The molecule has 0 heterocycles. The highest BCUT2D eigenvalue weighted by molar-refractivity contribution is 7.89. The Kier molecular flexibility index (Phi) is 8.05. The number of hydrogen-bond acceptors (Lipinski definition) is 5. The minimum atomic E-state index is -3.38. The van der Waals surface area contributed by atoms with Crippen molar-refractivity contribution in [3.63, 3.8) is 0 Å². The molecule has 0 aromatic rings. The first-order chi connectivity index (χ1) is 7.94. The first-order valence-corrected chi connectivity index (χ1v) is 6.83. The van der Waals surface area contributed by atoms with E-state index in [2.05, 4.69) is 0 Å². The Hall–Kier alpha value is -0.700. The molecule has 0 radical (unpaired) electrons. The zero-order valence-corrected chi connectivity index (χ0v) is 11.1. The van der Waals surface area contributed by atoms with Gasteiger partial charge in [-0.2, -0.15) is 4.31 Å². The quantitative estimate of drug-likeness (QED) is 0.399. The van der Waals surface area contributed by atoms with E-state index in [1.165, 1.54) is 18.5 Å². The number of nitrogens with one attached hydrogen (secondary N) is 1. The molecule has 3 N–H and O–H groups in total. The van der Waals surface area contributed by atoms with Crippen LogP contribution in [-0.4, -0.2) is 64.8 Å². The Morgan fingerprint density at radius 1 is 1.24 bits per heavy atom. The van der Waals surface area contributed by atoms with Crippen molar-refractivity contribution in [2.24, 2.45) is 5.73 Å². The van der Waals surface area contributed by atoms with E-state index in [1.807, 2.05) is 0 Å². The SMILES string of the molecule is COCCN(CCC(=N)N)S(=O)(=O)CCOC. The van der Waals surface area contributed by atoms with E-state index in [4.69, 9.17) is 20.6 Å². The third kappa shape index (κ3) is 7.27. The smallest absolute Gasteiger partial charge is 0.216 e. The number of nitrogens with zero attached hydrogens (tertiary/aromatic N) is 1. The van der Waals surface area contributed by atoms with E-state index < -0.39 is 10.0 Å². The number of sulfonamides is 1. The van der Waals surface area contributed by atoms with E-state index >= 15 is 0 Å². The van der Waals surface area contributed by atoms with E-state index in [0.29, 0.717) is 6.61 Å². The van der Waals surface area contributed by atoms with Gasteiger partial charge < -0.3 is 15.2 Å². The molecule has 0 aliphatic heterocycles. The van der Waals surface area contributed by atoms with Gasteiger partial charge in [-0.3, -0.25) is 5.41 Å². The average molecular weight is 267 g/mol. The van der Waals surface area contributed by atoms with Crippen molar-refractivity contribution >= 4 is 15.9 Å². The van der Waals surface area contributed by atoms with Crippen LogP contribution in [-0.2, 0) is 19.5 Å². The molecule has 0 amide bonds. The molecule has 17 heavy (non-hydrogen) atoms. The predicted octanol–water partition coefficient (Wildman–Crippen LogP) is -0.763. The maximum Gasteiger partial charge on any atom is 0.216 e. The van der Waals surface area contributed by atoms with Gasteiger partial charge in [0.2, 0.25) is 10.0 Å². The molecule has 0 unspecified atom stereocenters. The van der Waals surface area contributed by atoms with Crippen molar-refractivity contribution in [3.8, 4) is 0 Å². The summed E-state index contributed by atoms with van der Waals surface area (Å²) in [7, 11) is -0.422. The fraction of sp³-hybridized carbons (Fsp3) is 0.889. The highest BCUT2D eigenvalue weighted by atomic mass is 32.2. The fourth-order valence-electron chi connectivity index (χ4n) is 1.15. The summed E-state index contributed by atoms with van der Waals surface area (Å²) in [5.41, 5.74) is 5.22. The van der Waals surface area contributed by atoms with Gasteiger partial charge in [0, 0.05) is 33.7 Å². The second-order valence-corrected chi connectivity index (χ2v) is 5.56. The number of methoxy groups -OCH3 is 2. The number of hydrogen-bond donors (Lipinski definition) is 2. The molecule has 0 aromatic heterocycles. The zero-order valence-electron chi connectivity index (χ0n) is 10.3. The van der Waals surface area contributed by atoms with Gasteiger partial charge in [-0.05, 0) is 0 Å². The number of ether oxygens (including phenoxy) is 2. The van der Waals surface area contributed by atoms with Crippen LogP contribution in [0.2, 0.25) is 0 Å². The van der Waals surface area contributed by atoms with Crippen molar-refractivity contribution in [1.29, 1.82) is 5.41 Å². The molecule has 0 saturated carbocycles. The first-order valence-electron chi connectivity index (χ1n) is 5.22. The van der Waals surface area contributed by atoms with Crippen LogP contribution in [0.3, 0.4) is 0 Å². The van der Waals surface area contributed by atoms with Crippen LogP contribution in [0.1, 0.15) is 6.42 Å². The van der Waals surface area contributed by atoms with E-state index in [0.717, 1.165) is 0 Å². The molecule has 0 aromatic carbocycles. The van der Waals surface area contributed by atoms with Crippen LogP contribution in [0.15, 0.2) is 0 Å². The van der Waals surface area contributed by atoms with Gasteiger partial charge in [0.1, 0.15) is 0 Å². The maximum atomic E-state index is 11.9. The minimum absolute atomic E-state index is 0.0330. The second kappa shape index (κ2) is 8.40. The summed E-state index contributed by atoms with van der Waals surface area (Å²) >= 11 is 0. The van der Waals surface area contributed by atoms with Gasteiger partial charge in [0.05, 0.1) is 24.8 Å². The Morgan fingerprint density at radius 3 is 2.29 bits per heavy atom. The van der Waals surface area contributed by atoms with Crippen LogP contribution < -0.4 is 5.73 Å². The van der Waals surface area contributed by atoms with Crippen molar-refractivity contribution in [3.05, 3.63) is 0 Å². The van der Waals surface area contributed by atoms with Crippen molar-refractivity contribution in [2.45, 2.75) is 6.42 Å². The van der Waals surface area contributed by atoms with E-state index in [-0.39, 0.29) is 37.7 Å². The third-order valence-electron chi connectivity index (χ3n) is 2.11. The van der Waals surface area contributed by atoms with Crippen LogP contribution in [0.25, 0.3) is 0 Å². The fourth-order valence-corrected chi connectivity index (χ4v) is 2.50. The van der Waals surface area contributed by atoms with Crippen LogP contribution in [0, 0.1) is 5.41 Å². The molecule has 102 valence electrons. The summed E-state index contributed by atoms with van der Waals surface area (Å²) in [6.45, 7) is 0.913. The molecule has 0 bridgehead atoms. The lowest BCUT2D eigenvalue weighted by atomic mass is 10.4. The van der Waals surface area contributed by atoms with Gasteiger partial charge in [-0.25, -0.2) is 8.42 Å². The first kappa shape index (κ1) is 16.3. The topological polar surface area (TPSA) is 106 Å². The second-order valence-electron chi connectivity index (χ2n) is 3.48. The van der Waals surface area contributed by atoms with Crippen LogP contribution in [0.4, 0.5) is 0 Å². The zero-order chi connectivity index (χ0) is 13.3. The van der Waals surface area contributed by atoms with Crippen molar-refractivity contribution < 1.29 is 17.9 Å². The summed E-state index contributed by atoms with van der Waals surface area (Å²) < 4.78 is 34.7. The normalized spacial score (nSPS) is 11.9. The highest BCUT2D eigenvalue weighted by Crippen LogP contribution is 2.03. The number of amidine groups is 1. The largest absolute Gasteiger partial charge is 0.388 e. The molecular formula is C9H21N3O4S. The lowest BCUT2D eigenvalue weighted by Crippen LogP contribution is -2.38. The summed E-state index contributed by atoms with van der Waals surface area (Å²) in [6, 6.07) is 0.